The number of fused-ring (bicyclic) bond motifs is 2. The first-order chi connectivity index (χ1) is 12.6. The molecule has 0 aromatic carbocycles. The molecule has 0 spiro atoms. The van der Waals surface area contributed by atoms with E-state index in [0.29, 0.717) is 24.8 Å². The fraction of sp³-hybridized carbons (Fsp3) is 0.650. The molecule has 0 amide bonds. The van der Waals surface area contributed by atoms with Crippen molar-refractivity contribution in [2.24, 2.45) is 17.3 Å². The minimum Gasteiger partial charge on any atom is -0.481 e. The highest BCUT2D eigenvalue weighted by Gasteiger charge is 2.66. The number of aliphatic hydroxyl groups is 1. The number of carbonyl (C=O) groups is 3. The van der Waals surface area contributed by atoms with Gasteiger partial charge in [-0.05, 0) is 39.5 Å². The SMILES string of the molecule is CC=C(C)C(=O)O[C@H]1C2=C(C)C(=O)O[C@@]2(O)C[C@H]2CCC[C@@H](C(=O)O)[C@]21C. The van der Waals surface area contributed by atoms with Gasteiger partial charge in [0.2, 0.25) is 5.79 Å². The third-order valence-electron chi connectivity index (χ3n) is 6.70. The highest BCUT2D eigenvalue weighted by Crippen LogP contribution is 2.60. The van der Waals surface area contributed by atoms with E-state index in [4.69, 9.17) is 9.47 Å². The molecule has 7 heteroatoms. The van der Waals surface area contributed by atoms with Crippen molar-refractivity contribution in [1.29, 1.82) is 0 Å². The van der Waals surface area contributed by atoms with Crippen LogP contribution < -0.4 is 0 Å². The van der Waals surface area contributed by atoms with E-state index < -0.39 is 41.1 Å². The van der Waals surface area contributed by atoms with Gasteiger partial charge in [-0.3, -0.25) is 4.79 Å². The van der Waals surface area contributed by atoms with E-state index in [2.05, 4.69) is 0 Å². The van der Waals surface area contributed by atoms with Crippen molar-refractivity contribution in [3.05, 3.63) is 22.8 Å². The van der Waals surface area contributed by atoms with Crippen LogP contribution in [0.1, 0.15) is 53.4 Å². The van der Waals surface area contributed by atoms with Crippen molar-refractivity contribution in [1.82, 2.24) is 0 Å². The van der Waals surface area contributed by atoms with E-state index >= 15 is 0 Å². The molecule has 3 aliphatic rings. The summed E-state index contributed by atoms with van der Waals surface area (Å²) in [6.07, 6.45) is 2.48. The van der Waals surface area contributed by atoms with Gasteiger partial charge in [-0.1, -0.05) is 19.4 Å². The minimum absolute atomic E-state index is 0.113. The first-order valence-corrected chi connectivity index (χ1v) is 9.30. The number of hydrogen-bond acceptors (Lipinski definition) is 6. The zero-order valence-corrected chi connectivity index (χ0v) is 16.1. The molecule has 2 fully saturated rings. The Morgan fingerprint density at radius 2 is 2.00 bits per heavy atom. The summed E-state index contributed by atoms with van der Waals surface area (Å²) in [5.74, 6) is -5.07. The van der Waals surface area contributed by atoms with Gasteiger partial charge in [0.05, 0.1) is 11.5 Å². The number of carboxylic acid groups (broad SMARTS) is 1. The molecular formula is C20H26O7. The topological polar surface area (TPSA) is 110 Å². The molecule has 0 aromatic rings. The molecule has 0 unspecified atom stereocenters. The Morgan fingerprint density at radius 3 is 2.59 bits per heavy atom. The minimum atomic E-state index is -1.85. The van der Waals surface area contributed by atoms with E-state index in [0.717, 1.165) is 0 Å². The van der Waals surface area contributed by atoms with Gasteiger partial charge in [0, 0.05) is 23.0 Å². The number of ether oxygens (including phenoxy) is 2. The summed E-state index contributed by atoms with van der Waals surface area (Å²) in [6, 6.07) is 0. The monoisotopic (exact) mass is 378 g/mol. The van der Waals surface area contributed by atoms with Crippen molar-refractivity contribution < 1.29 is 34.1 Å². The Bertz CT molecular complexity index is 764. The normalized spacial score (nSPS) is 38.8. The van der Waals surface area contributed by atoms with Crippen molar-refractivity contribution in [2.75, 3.05) is 0 Å². The Balaban J connectivity index is 2.17. The summed E-state index contributed by atoms with van der Waals surface area (Å²) in [6.45, 7) is 6.61. The van der Waals surface area contributed by atoms with Gasteiger partial charge in [0.1, 0.15) is 6.10 Å². The van der Waals surface area contributed by atoms with Gasteiger partial charge in [-0.15, -0.1) is 0 Å². The van der Waals surface area contributed by atoms with Gasteiger partial charge < -0.3 is 19.7 Å². The number of hydrogen-bond donors (Lipinski definition) is 2. The average Bonchev–Trinajstić information content (AvgIpc) is 2.82. The van der Waals surface area contributed by atoms with Gasteiger partial charge in [0.15, 0.2) is 0 Å². The first kappa shape index (κ1) is 19.6. The maximum Gasteiger partial charge on any atom is 0.336 e. The average molecular weight is 378 g/mol. The lowest BCUT2D eigenvalue weighted by Crippen LogP contribution is -2.61. The second-order valence-electron chi connectivity index (χ2n) is 8.06. The molecule has 0 aromatic heterocycles. The van der Waals surface area contributed by atoms with Crippen LogP contribution in [-0.2, 0) is 23.9 Å². The molecule has 0 bridgehead atoms. The fourth-order valence-electron chi connectivity index (χ4n) is 4.97. The molecule has 0 radical (unpaired) electrons. The summed E-state index contributed by atoms with van der Waals surface area (Å²) in [5.41, 5.74) is -0.195. The lowest BCUT2D eigenvalue weighted by atomic mass is 9.51. The molecule has 5 atom stereocenters. The van der Waals surface area contributed by atoms with E-state index in [1.165, 1.54) is 6.92 Å². The molecule has 1 aliphatic heterocycles. The molecule has 148 valence electrons. The van der Waals surface area contributed by atoms with Crippen LogP contribution in [0.2, 0.25) is 0 Å². The third kappa shape index (κ3) is 2.79. The molecule has 2 N–H and O–H groups in total. The summed E-state index contributed by atoms with van der Waals surface area (Å²) in [4.78, 5) is 36.8. The molecular weight excluding hydrogens is 352 g/mol. The largest absolute Gasteiger partial charge is 0.481 e. The molecule has 2 saturated carbocycles. The maximum absolute atomic E-state index is 12.5. The number of esters is 2. The summed E-state index contributed by atoms with van der Waals surface area (Å²) >= 11 is 0. The number of carbonyl (C=O) groups excluding carboxylic acids is 2. The second kappa shape index (κ2) is 6.48. The predicted molar refractivity (Wildman–Crippen MR) is 94.2 cm³/mol. The fourth-order valence-corrected chi connectivity index (χ4v) is 4.97. The predicted octanol–water partition coefficient (Wildman–Crippen LogP) is 2.34. The van der Waals surface area contributed by atoms with E-state index in [-0.39, 0.29) is 23.5 Å². The molecule has 1 heterocycles. The van der Waals surface area contributed by atoms with Crippen molar-refractivity contribution >= 4 is 17.9 Å². The van der Waals surface area contributed by atoms with Crippen molar-refractivity contribution in [2.45, 2.75) is 65.3 Å². The summed E-state index contributed by atoms with van der Waals surface area (Å²) in [7, 11) is 0. The number of aliphatic carboxylic acids is 1. The Morgan fingerprint density at radius 1 is 1.33 bits per heavy atom. The second-order valence-corrected chi connectivity index (χ2v) is 8.06. The molecule has 0 saturated heterocycles. The van der Waals surface area contributed by atoms with Crippen LogP contribution in [0.25, 0.3) is 0 Å². The molecule has 2 aliphatic carbocycles. The molecule has 27 heavy (non-hydrogen) atoms. The standard InChI is InChI=1S/C20H26O7/c1-5-10(2)17(23)26-15-14-11(3)18(24)27-20(14,25)9-12-7-6-8-13(16(21)22)19(12,15)4/h5,12-13,15,25H,6-9H2,1-4H3,(H,21,22)/t12-,13+,15+,19+,20+/m1/s1. The van der Waals surface area contributed by atoms with Gasteiger partial charge in [-0.2, -0.15) is 0 Å². The zero-order chi connectivity index (χ0) is 20.1. The first-order valence-electron chi connectivity index (χ1n) is 9.30. The van der Waals surface area contributed by atoms with E-state index in [9.17, 15) is 24.6 Å². The molecule has 7 nitrogen and oxygen atoms in total. The highest BCUT2D eigenvalue weighted by atomic mass is 16.7. The van der Waals surface area contributed by atoms with Gasteiger partial charge >= 0.3 is 17.9 Å². The van der Waals surface area contributed by atoms with Crippen LogP contribution in [-0.4, -0.2) is 40.0 Å². The highest BCUT2D eigenvalue weighted by molar-refractivity contribution is 5.93. The Hall–Kier alpha value is -2.15. The van der Waals surface area contributed by atoms with Crippen molar-refractivity contribution in [3.8, 4) is 0 Å². The Kier molecular flexibility index (Phi) is 4.70. The number of allylic oxidation sites excluding steroid dienone is 1. The third-order valence-corrected chi connectivity index (χ3v) is 6.70. The van der Waals surface area contributed by atoms with Crippen LogP contribution in [0.4, 0.5) is 0 Å². The summed E-state index contributed by atoms with van der Waals surface area (Å²) in [5, 5.41) is 20.9. The van der Waals surface area contributed by atoms with E-state index in [1.54, 1.807) is 26.8 Å². The lowest BCUT2D eigenvalue weighted by Gasteiger charge is -2.55. The van der Waals surface area contributed by atoms with Gasteiger partial charge in [-0.25, -0.2) is 9.59 Å². The summed E-state index contributed by atoms with van der Waals surface area (Å²) < 4.78 is 11.0. The van der Waals surface area contributed by atoms with Crippen LogP contribution >= 0.6 is 0 Å². The van der Waals surface area contributed by atoms with E-state index in [1.807, 2.05) is 0 Å². The lowest BCUT2D eigenvalue weighted by molar-refractivity contribution is -0.228. The van der Waals surface area contributed by atoms with Crippen LogP contribution in [0, 0.1) is 17.3 Å². The smallest absolute Gasteiger partial charge is 0.336 e. The molecule has 3 rings (SSSR count). The van der Waals surface area contributed by atoms with Crippen molar-refractivity contribution in [3.63, 3.8) is 0 Å². The van der Waals surface area contributed by atoms with Crippen LogP contribution in [0.15, 0.2) is 22.8 Å². The van der Waals surface area contributed by atoms with Crippen LogP contribution in [0.5, 0.6) is 0 Å². The quantitative estimate of drug-likeness (QED) is 0.573. The zero-order valence-electron chi connectivity index (χ0n) is 16.1. The van der Waals surface area contributed by atoms with Crippen LogP contribution in [0.3, 0.4) is 0 Å². The maximum atomic E-state index is 12.5. The van der Waals surface area contributed by atoms with Gasteiger partial charge in [0.25, 0.3) is 0 Å². The number of carboxylic acids is 1. The Labute approximate surface area is 158 Å². The number of rotatable bonds is 3.